The fraction of sp³-hybridized carbons (Fsp3) is 1.00. The molecule has 7 unspecified atom stereocenters. The Morgan fingerprint density at radius 3 is 1.50 bits per heavy atom. The minimum Gasteiger partial charge on any atom is -0.393 e. The summed E-state index contributed by atoms with van der Waals surface area (Å²) in [6.07, 6.45) is -0.872. The monoisotopic (exact) mass is 320 g/mol. The van der Waals surface area contributed by atoms with Crippen molar-refractivity contribution >= 4 is 0 Å². The van der Waals surface area contributed by atoms with Crippen molar-refractivity contribution in [1.82, 2.24) is 0 Å². The molecule has 0 saturated carbocycles. The number of hydrogen-bond acceptors (Lipinski definition) is 5. The van der Waals surface area contributed by atoms with Gasteiger partial charge in [0.1, 0.15) is 11.2 Å². The molecular formula is C17H36O5. The van der Waals surface area contributed by atoms with Gasteiger partial charge in [-0.3, -0.25) is 0 Å². The molecule has 0 fully saturated rings. The summed E-state index contributed by atoms with van der Waals surface area (Å²) in [7, 11) is 6.66. The highest BCUT2D eigenvalue weighted by molar-refractivity contribution is 5.07. The predicted octanol–water partition coefficient (Wildman–Crippen LogP) is 2.50. The minimum absolute atomic E-state index is 0.0150. The van der Waals surface area contributed by atoms with Crippen LogP contribution in [0.4, 0.5) is 0 Å². The van der Waals surface area contributed by atoms with E-state index in [-0.39, 0.29) is 24.0 Å². The molecule has 134 valence electrons. The summed E-state index contributed by atoms with van der Waals surface area (Å²) in [5.41, 5.74) is -1.43. The normalized spacial score (nSPS) is 24.7. The van der Waals surface area contributed by atoms with E-state index in [4.69, 9.17) is 18.9 Å². The Bertz CT molecular complexity index is 322. The van der Waals surface area contributed by atoms with E-state index in [1.165, 1.54) is 0 Å². The minimum atomic E-state index is -0.765. The second-order valence-electron chi connectivity index (χ2n) is 6.61. The number of methoxy groups -OCH3 is 4. The van der Waals surface area contributed by atoms with Gasteiger partial charge in [-0.2, -0.15) is 0 Å². The molecule has 0 spiro atoms. The Morgan fingerprint density at radius 1 is 0.773 bits per heavy atom. The number of rotatable bonds is 10. The summed E-state index contributed by atoms with van der Waals surface area (Å²) in [5, 5.41) is 10.0. The zero-order chi connectivity index (χ0) is 17.7. The average Bonchev–Trinajstić information content (AvgIpc) is 2.52. The third-order valence-corrected chi connectivity index (χ3v) is 5.81. The van der Waals surface area contributed by atoms with Crippen LogP contribution in [0.15, 0.2) is 0 Å². The fourth-order valence-corrected chi connectivity index (χ4v) is 3.29. The highest BCUT2D eigenvalue weighted by Crippen LogP contribution is 2.43. The molecule has 0 heterocycles. The number of aliphatic hydroxyl groups excluding tert-OH is 1. The molecule has 5 nitrogen and oxygen atoms in total. The summed E-state index contributed by atoms with van der Waals surface area (Å²) in [6, 6.07) is 0. The third-order valence-electron chi connectivity index (χ3n) is 5.81. The Kier molecular flexibility index (Phi) is 8.52. The van der Waals surface area contributed by atoms with Crippen LogP contribution >= 0.6 is 0 Å². The van der Waals surface area contributed by atoms with Crippen molar-refractivity contribution in [3.63, 3.8) is 0 Å². The summed E-state index contributed by atoms with van der Waals surface area (Å²) in [4.78, 5) is 0. The Labute approximate surface area is 136 Å². The number of ether oxygens (including phenoxy) is 4. The van der Waals surface area contributed by atoms with Crippen molar-refractivity contribution in [2.75, 3.05) is 28.4 Å². The molecule has 1 N–H and O–H groups in total. The van der Waals surface area contributed by atoms with Crippen molar-refractivity contribution in [2.24, 2.45) is 11.8 Å². The summed E-state index contributed by atoms with van der Waals surface area (Å²) >= 11 is 0. The lowest BCUT2D eigenvalue weighted by atomic mass is 9.68. The molecule has 0 aliphatic carbocycles. The lowest BCUT2D eigenvalue weighted by Crippen LogP contribution is -2.66. The molecule has 0 aliphatic rings. The van der Waals surface area contributed by atoms with Crippen molar-refractivity contribution in [1.29, 1.82) is 0 Å². The molecule has 0 bridgehead atoms. The van der Waals surface area contributed by atoms with Gasteiger partial charge in [0.15, 0.2) is 0 Å². The molecule has 0 aromatic carbocycles. The third kappa shape index (κ3) is 3.82. The maximum absolute atomic E-state index is 10.0. The topological polar surface area (TPSA) is 57.2 Å². The summed E-state index contributed by atoms with van der Waals surface area (Å²) < 4.78 is 23.1. The first-order valence-electron chi connectivity index (χ1n) is 7.91. The van der Waals surface area contributed by atoms with Gasteiger partial charge in [-0.15, -0.1) is 0 Å². The van der Waals surface area contributed by atoms with Gasteiger partial charge in [-0.05, 0) is 27.7 Å². The van der Waals surface area contributed by atoms with Gasteiger partial charge in [-0.25, -0.2) is 0 Å². The van der Waals surface area contributed by atoms with E-state index in [1.807, 2.05) is 27.7 Å². The van der Waals surface area contributed by atoms with Crippen LogP contribution in [0.3, 0.4) is 0 Å². The maximum atomic E-state index is 10.0. The van der Waals surface area contributed by atoms with E-state index in [0.717, 1.165) is 0 Å². The van der Waals surface area contributed by atoms with Gasteiger partial charge in [-0.1, -0.05) is 13.8 Å². The van der Waals surface area contributed by atoms with Gasteiger partial charge >= 0.3 is 0 Å². The van der Waals surface area contributed by atoms with Crippen LogP contribution in [0.2, 0.25) is 0 Å². The van der Waals surface area contributed by atoms with Crippen LogP contribution in [0.25, 0.3) is 0 Å². The smallest absolute Gasteiger partial charge is 0.120 e. The second kappa shape index (κ2) is 8.60. The van der Waals surface area contributed by atoms with Crippen LogP contribution in [0.5, 0.6) is 0 Å². The maximum Gasteiger partial charge on any atom is 0.120 e. The molecule has 0 aromatic rings. The predicted molar refractivity (Wildman–Crippen MR) is 88.1 cm³/mol. The van der Waals surface area contributed by atoms with Crippen molar-refractivity contribution in [3.8, 4) is 0 Å². The zero-order valence-corrected chi connectivity index (χ0v) is 16.0. The van der Waals surface area contributed by atoms with E-state index in [9.17, 15) is 5.11 Å². The average molecular weight is 320 g/mol. The van der Waals surface area contributed by atoms with E-state index >= 15 is 0 Å². The first kappa shape index (κ1) is 21.8. The van der Waals surface area contributed by atoms with Crippen LogP contribution < -0.4 is 0 Å². The second-order valence-corrected chi connectivity index (χ2v) is 6.61. The van der Waals surface area contributed by atoms with Gasteiger partial charge in [0.2, 0.25) is 0 Å². The lowest BCUT2D eigenvalue weighted by Gasteiger charge is -2.53. The van der Waals surface area contributed by atoms with Gasteiger partial charge in [0.25, 0.3) is 0 Å². The molecule has 0 aromatic heterocycles. The summed E-state index contributed by atoms with van der Waals surface area (Å²) in [6.45, 7) is 11.8. The highest BCUT2D eigenvalue weighted by atomic mass is 16.6. The van der Waals surface area contributed by atoms with E-state index in [0.29, 0.717) is 0 Å². The van der Waals surface area contributed by atoms with Gasteiger partial charge in [0.05, 0.1) is 18.3 Å². The SMILES string of the molecule is COC(C)C(C)C(C)(OC)C(C)(OC)C(OC)C(C)C(C)O. The van der Waals surface area contributed by atoms with Crippen LogP contribution in [-0.2, 0) is 18.9 Å². The molecule has 0 aliphatic heterocycles. The Balaban J connectivity index is 5.89. The van der Waals surface area contributed by atoms with Gasteiger partial charge < -0.3 is 24.1 Å². The van der Waals surface area contributed by atoms with Gasteiger partial charge in [0, 0.05) is 40.3 Å². The van der Waals surface area contributed by atoms with Crippen molar-refractivity contribution < 1.29 is 24.1 Å². The molecule has 5 heteroatoms. The van der Waals surface area contributed by atoms with E-state index < -0.39 is 17.3 Å². The van der Waals surface area contributed by atoms with Crippen LogP contribution in [0, 0.1) is 11.8 Å². The van der Waals surface area contributed by atoms with Crippen LogP contribution in [0.1, 0.15) is 41.5 Å². The number of hydrogen-bond donors (Lipinski definition) is 1. The van der Waals surface area contributed by atoms with E-state index in [1.54, 1.807) is 35.4 Å². The first-order valence-corrected chi connectivity index (χ1v) is 7.91. The largest absolute Gasteiger partial charge is 0.393 e. The van der Waals surface area contributed by atoms with Crippen molar-refractivity contribution in [3.05, 3.63) is 0 Å². The molecule has 0 radical (unpaired) electrons. The summed E-state index contributed by atoms with van der Waals surface area (Å²) in [5.74, 6) is -0.0687. The Morgan fingerprint density at radius 2 is 1.23 bits per heavy atom. The van der Waals surface area contributed by atoms with Crippen LogP contribution in [-0.4, -0.2) is 63.1 Å². The first-order chi connectivity index (χ1) is 10.1. The molecule has 0 amide bonds. The number of aliphatic hydroxyl groups is 1. The molecule has 0 saturated heterocycles. The molecule has 0 rings (SSSR count). The molecule has 22 heavy (non-hydrogen) atoms. The zero-order valence-electron chi connectivity index (χ0n) is 16.0. The quantitative estimate of drug-likeness (QED) is 0.670. The highest BCUT2D eigenvalue weighted by Gasteiger charge is 2.57. The standard InChI is InChI=1S/C17H36O5/c1-11(13(3)18)15(20-8)17(6,22-10)16(5,21-9)12(2)14(4)19-7/h11-15,18H,1-10H3. The van der Waals surface area contributed by atoms with Crippen molar-refractivity contribution in [2.45, 2.75) is 71.1 Å². The molecular weight excluding hydrogens is 284 g/mol. The lowest BCUT2D eigenvalue weighted by molar-refractivity contribution is -0.259. The fourth-order valence-electron chi connectivity index (χ4n) is 3.29. The molecule has 7 atom stereocenters. The Hall–Kier alpha value is -0.200. The van der Waals surface area contributed by atoms with E-state index in [2.05, 4.69) is 6.92 Å².